The second-order valence-electron chi connectivity index (χ2n) is 4.21. The average molecular weight is 282 g/mol. The number of hydrogen-bond acceptors (Lipinski definition) is 5. The molecule has 0 bridgehead atoms. The fraction of sp³-hybridized carbons (Fsp3) is 0.909. The number of ether oxygens (including phenoxy) is 1. The molecule has 0 rings (SSSR count). The Hall–Kier alpha value is -0.660. The van der Waals surface area contributed by atoms with Gasteiger partial charge in [0.05, 0.1) is 6.61 Å². The summed E-state index contributed by atoms with van der Waals surface area (Å²) in [4.78, 5) is 11.4. The van der Waals surface area contributed by atoms with Gasteiger partial charge >= 0.3 is 16.4 Å². The summed E-state index contributed by atoms with van der Waals surface area (Å²) in [5.74, 6) is -0.519. The molecule has 0 aromatic carbocycles. The molecule has 6 nitrogen and oxygen atoms in total. The Balaban J connectivity index is 4.07. The quantitative estimate of drug-likeness (QED) is 0.513. The van der Waals surface area contributed by atoms with Gasteiger partial charge in [0.2, 0.25) is 0 Å². The first-order chi connectivity index (χ1) is 8.30. The normalized spacial score (nSPS) is 15.1. The molecule has 2 atom stereocenters. The molecule has 0 aromatic heterocycles. The third-order valence-electron chi connectivity index (χ3n) is 2.60. The van der Waals surface area contributed by atoms with Gasteiger partial charge in [-0.05, 0) is 19.3 Å². The second kappa shape index (κ2) is 8.44. The molecule has 0 saturated carbocycles. The summed E-state index contributed by atoms with van der Waals surface area (Å²) in [7, 11) is -4.63. The highest BCUT2D eigenvalue weighted by Gasteiger charge is 2.22. The number of unbranched alkanes of at least 4 members (excludes halogenated alkanes) is 1. The maximum Gasteiger partial charge on any atom is 0.398 e. The molecule has 0 saturated heterocycles. The first-order valence-electron chi connectivity index (χ1n) is 6.12. The highest BCUT2D eigenvalue weighted by Crippen LogP contribution is 2.13. The average Bonchev–Trinajstić information content (AvgIpc) is 2.26. The van der Waals surface area contributed by atoms with Crippen LogP contribution in [0.2, 0.25) is 0 Å². The molecule has 108 valence electrons. The Bertz CT molecular complexity index is 337. The smallest absolute Gasteiger partial charge is 0.398 e. The lowest BCUT2D eigenvalue weighted by molar-refractivity contribution is -0.152. The Labute approximate surface area is 109 Å². The van der Waals surface area contributed by atoms with Crippen molar-refractivity contribution in [2.24, 2.45) is 5.92 Å². The number of carbonyl (C=O) groups excluding carboxylic acids is 1. The van der Waals surface area contributed by atoms with E-state index in [2.05, 4.69) is 11.1 Å². The number of rotatable bonds is 9. The molecule has 18 heavy (non-hydrogen) atoms. The number of carbonyl (C=O) groups is 1. The SMILES string of the molecule is CCCCC(CC)COC(=O)C(C)OS(=O)(=O)O. The van der Waals surface area contributed by atoms with Crippen LogP contribution in [-0.2, 0) is 24.1 Å². The Morgan fingerprint density at radius 3 is 2.39 bits per heavy atom. The van der Waals surface area contributed by atoms with Gasteiger partial charge in [-0.25, -0.2) is 8.98 Å². The van der Waals surface area contributed by atoms with Crippen LogP contribution in [0, 0.1) is 5.92 Å². The van der Waals surface area contributed by atoms with Crippen LogP contribution in [-0.4, -0.2) is 31.7 Å². The Kier molecular flexibility index (Phi) is 8.13. The molecule has 0 fully saturated rings. The topological polar surface area (TPSA) is 89.9 Å². The van der Waals surface area contributed by atoms with Crippen molar-refractivity contribution in [1.82, 2.24) is 0 Å². The van der Waals surface area contributed by atoms with E-state index in [1.807, 2.05) is 6.92 Å². The van der Waals surface area contributed by atoms with Gasteiger partial charge in [-0.15, -0.1) is 0 Å². The van der Waals surface area contributed by atoms with Gasteiger partial charge in [-0.3, -0.25) is 4.55 Å². The Morgan fingerprint density at radius 2 is 1.94 bits per heavy atom. The van der Waals surface area contributed by atoms with E-state index >= 15 is 0 Å². The van der Waals surface area contributed by atoms with Crippen molar-refractivity contribution in [2.75, 3.05) is 6.61 Å². The molecule has 0 aliphatic heterocycles. The van der Waals surface area contributed by atoms with Crippen molar-refractivity contribution < 1.29 is 26.7 Å². The van der Waals surface area contributed by atoms with Gasteiger partial charge in [0, 0.05) is 0 Å². The predicted molar refractivity (Wildman–Crippen MR) is 66.4 cm³/mol. The van der Waals surface area contributed by atoms with Gasteiger partial charge in [-0.2, -0.15) is 8.42 Å². The van der Waals surface area contributed by atoms with E-state index in [1.54, 1.807) is 0 Å². The predicted octanol–water partition coefficient (Wildman–Crippen LogP) is 1.95. The van der Waals surface area contributed by atoms with Crippen molar-refractivity contribution in [3.63, 3.8) is 0 Å². The molecular formula is C11H22O6S. The molecule has 0 spiro atoms. The van der Waals surface area contributed by atoms with E-state index in [1.165, 1.54) is 6.92 Å². The Morgan fingerprint density at radius 1 is 1.33 bits per heavy atom. The summed E-state index contributed by atoms with van der Waals surface area (Å²) in [5, 5.41) is 0. The standard InChI is InChI=1S/C11H22O6S/c1-4-6-7-10(5-2)8-16-11(12)9(3)17-18(13,14)15/h9-10H,4-8H2,1-3H3,(H,13,14,15). The van der Waals surface area contributed by atoms with E-state index < -0.39 is 22.5 Å². The fourth-order valence-electron chi connectivity index (χ4n) is 1.44. The molecule has 0 aromatic rings. The van der Waals surface area contributed by atoms with Crippen LogP contribution in [0.25, 0.3) is 0 Å². The van der Waals surface area contributed by atoms with Gasteiger partial charge in [0.15, 0.2) is 6.10 Å². The van der Waals surface area contributed by atoms with Crippen molar-refractivity contribution in [3.8, 4) is 0 Å². The van der Waals surface area contributed by atoms with Crippen LogP contribution in [0.15, 0.2) is 0 Å². The molecular weight excluding hydrogens is 260 g/mol. The van der Waals surface area contributed by atoms with Gasteiger partial charge < -0.3 is 4.74 Å². The first kappa shape index (κ1) is 17.3. The second-order valence-corrected chi connectivity index (χ2v) is 5.26. The summed E-state index contributed by atoms with van der Waals surface area (Å²) in [6, 6.07) is 0. The maximum atomic E-state index is 11.4. The molecule has 0 heterocycles. The zero-order chi connectivity index (χ0) is 14.2. The number of esters is 1. The lowest BCUT2D eigenvalue weighted by atomic mass is 10.0. The van der Waals surface area contributed by atoms with E-state index in [-0.39, 0.29) is 12.5 Å². The van der Waals surface area contributed by atoms with E-state index in [0.29, 0.717) is 0 Å². The fourth-order valence-corrected chi connectivity index (χ4v) is 1.88. The summed E-state index contributed by atoms with van der Waals surface area (Å²) in [6.45, 7) is 5.55. The lowest BCUT2D eigenvalue weighted by Gasteiger charge is -2.16. The van der Waals surface area contributed by atoms with Crippen molar-refractivity contribution >= 4 is 16.4 Å². The van der Waals surface area contributed by atoms with Crippen LogP contribution < -0.4 is 0 Å². The third kappa shape index (κ3) is 8.43. The monoisotopic (exact) mass is 282 g/mol. The zero-order valence-electron chi connectivity index (χ0n) is 11.1. The zero-order valence-corrected chi connectivity index (χ0v) is 11.9. The minimum atomic E-state index is -4.63. The van der Waals surface area contributed by atoms with Crippen LogP contribution in [0.5, 0.6) is 0 Å². The van der Waals surface area contributed by atoms with Crippen LogP contribution in [0.4, 0.5) is 0 Å². The molecule has 0 aliphatic carbocycles. The first-order valence-corrected chi connectivity index (χ1v) is 7.49. The maximum absolute atomic E-state index is 11.4. The molecule has 7 heteroatoms. The van der Waals surface area contributed by atoms with E-state index in [9.17, 15) is 13.2 Å². The third-order valence-corrected chi connectivity index (χ3v) is 3.13. The van der Waals surface area contributed by atoms with Gasteiger partial charge in [0.1, 0.15) is 0 Å². The van der Waals surface area contributed by atoms with Gasteiger partial charge in [0.25, 0.3) is 0 Å². The summed E-state index contributed by atoms with van der Waals surface area (Å²) < 4.78 is 38.3. The molecule has 0 aliphatic rings. The summed E-state index contributed by atoms with van der Waals surface area (Å²) in [5.41, 5.74) is 0. The van der Waals surface area contributed by atoms with Gasteiger partial charge in [-0.1, -0.05) is 33.1 Å². The highest BCUT2D eigenvalue weighted by atomic mass is 32.3. The van der Waals surface area contributed by atoms with Crippen LogP contribution >= 0.6 is 0 Å². The largest absolute Gasteiger partial charge is 0.463 e. The number of hydrogen-bond donors (Lipinski definition) is 1. The summed E-state index contributed by atoms with van der Waals surface area (Å²) >= 11 is 0. The molecule has 0 amide bonds. The molecule has 0 radical (unpaired) electrons. The molecule has 2 unspecified atom stereocenters. The van der Waals surface area contributed by atoms with Crippen molar-refractivity contribution in [2.45, 2.75) is 52.6 Å². The van der Waals surface area contributed by atoms with Crippen molar-refractivity contribution in [1.29, 1.82) is 0 Å². The summed E-state index contributed by atoms with van der Waals surface area (Å²) in [6.07, 6.45) is 2.66. The van der Waals surface area contributed by atoms with E-state index in [0.717, 1.165) is 25.7 Å². The minimum Gasteiger partial charge on any atom is -0.463 e. The van der Waals surface area contributed by atoms with E-state index in [4.69, 9.17) is 9.29 Å². The van der Waals surface area contributed by atoms with Crippen LogP contribution in [0.1, 0.15) is 46.5 Å². The molecule has 1 N–H and O–H groups in total. The highest BCUT2D eigenvalue weighted by molar-refractivity contribution is 7.80. The van der Waals surface area contributed by atoms with Crippen LogP contribution in [0.3, 0.4) is 0 Å². The van der Waals surface area contributed by atoms with Crippen molar-refractivity contribution in [3.05, 3.63) is 0 Å². The lowest BCUT2D eigenvalue weighted by Crippen LogP contribution is -2.27. The minimum absolute atomic E-state index is 0.245.